The highest BCUT2D eigenvalue weighted by Crippen LogP contribution is 2.31. The third-order valence-corrected chi connectivity index (χ3v) is 5.72. The van der Waals surface area contributed by atoms with Crippen molar-refractivity contribution >= 4 is 21.0 Å². The molecule has 0 bridgehead atoms. The normalized spacial score (nSPS) is 19.4. The van der Waals surface area contributed by atoms with E-state index in [0.29, 0.717) is 18.8 Å². The first kappa shape index (κ1) is 14.5. The van der Waals surface area contributed by atoms with Crippen LogP contribution in [-0.2, 0) is 16.4 Å². The molecule has 1 aliphatic heterocycles. The van der Waals surface area contributed by atoms with Crippen LogP contribution in [0, 0.1) is 5.92 Å². The Balaban J connectivity index is 2.01. The van der Waals surface area contributed by atoms with E-state index in [1.54, 1.807) is 6.20 Å². The van der Waals surface area contributed by atoms with Gasteiger partial charge in [-0.25, -0.2) is 18.4 Å². The molecule has 2 aromatic heterocycles. The molecule has 3 heterocycles. The maximum atomic E-state index is 11.6. The quantitative estimate of drug-likeness (QED) is 0.873. The van der Waals surface area contributed by atoms with Crippen LogP contribution in [0.25, 0.3) is 11.2 Å². The van der Waals surface area contributed by atoms with E-state index in [2.05, 4.69) is 23.4 Å². The van der Waals surface area contributed by atoms with E-state index in [0.717, 1.165) is 23.5 Å². The first-order valence-electron chi connectivity index (χ1n) is 7.48. The fraction of sp³-hybridized carbons (Fsp3) is 0.600. The van der Waals surface area contributed by atoms with Gasteiger partial charge in [-0.15, -0.1) is 0 Å². The molecule has 2 aromatic rings. The van der Waals surface area contributed by atoms with Gasteiger partial charge in [-0.3, -0.25) is 0 Å². The molecule has 0 unspecified atom stereocenters. The monoisotopic (exact) mass is 307 g/mol. The van der Waals surface area contributed by atoms with Crippen LogP contribution >= 0.6 is 0 Å². The van der Waals surface area contributed by atoms with Crippen LogP contribution in [0.5, 0.6) is 0 Å². The Labute approximate surface area is 125 Å². The average Bonchev–Trinajstić information content (AvgIpc) is 2.77. The summed E-state index contributed by atoms with van der Waals surface area (Å²) in [5, 5.41) is 0. The van der Waals surface area contributed by atoms with Gasteiger partial charge < -0.3 is 4.57 Å². The molecular weight excluding hydrogens is 286 g/mol. The second kappa shape index (κ2) is 5.40. The number of rotatable bonds is 3. The molecule has 1 fully saturated rings. The van der Waals surface area contributed by atoms with Crippen molar-refractivity contribution < 1.29 is 8.42 Å². The molecule has 114 valence electrons. The van der Waals surface area contributed by atoms with Crippen LogP contribution in [0.3, 0.4) is 0 Å². The number of pyridine rings is 1. The summed E-state index contributed by atoms with van der Waals surface area (Å²) in [7, 11) is -2.84. The molecule has 0 aromatic carbocycles. The SMILES string of the molecule is CC(C)Cn1c(C2CCS(=O)(=O)CC2)nc2cccnc21. The molecule has 0 radical (unpaired) electrons. The Morgan fingerprint density at radius 1 is 1.33 bits per heavy atom. The lowest BCUT2D eigenvalue weighted by Crippen LogP contribution is -2.24. The van der Waals surface area contributed by atoms with Crippen molar-refractivity contribution in [3.63, 3.8) is 0 Å². The lowest BCUT2D eigenvalue weighted by Gasteiger charge is -2.23. The van der Waals surface area contributed by atoms with Gasteiger partial charge in [0.1, 0.15) is 21.2 Å². The van der Waals surface area contributed by atoms with Gasteiger partial charge >= 0.3 is 0 Å². The first-order valence-corrected chi connectivity index (χ1v) is 9.30. The molecule has 0 spiro atoms. The maximum Gasteiger partial charge on any atom is 0.159 e. The average molecular weight is 307 g/mol. The second-order valence-electron chi connectivity index (χ2n) is 6.25. The summed E-state index contributed by atoms with van der Waals surface area (Å²) >= 11 is 0. The maximum absolute atomic E-state index is 11.6. The van der Waals surface area contributed by atoms with Crippen molar-refractivity contribution in [1.29, 1.82) is 0 Å². The van der Waals surface area contributed by atoms with Crippen LogP contribution in [0.15, 0.2) is 18.3 Å². The summed E-state index contributed by atoms with van der Waals surface area (Å²) in [4.78, 5) is 9.20. The highest BCUT2D eigenvalue weighted by molar-refractivity contribution is 7.91. The van der Waals surface area contributed by atoms with E-state index in [-0.39, 0.29) is 17.4 Å². The number of sulfone groups is 1. The molecular formula is C15H21N3O2S. The molecule has 0 atom stereocenters. The Morgan fingerprint density at radius 3 is 2.71 bits per heavy atom. The molecule has 6 heteroatoms. The number of imidazole rings is 1. The summed E-state index contributed by atoms with van der Waals surface area (Å²) in [5.41, 5.74) is 1.82. The first-order chi connectivity index (χ1) is 9.96. The zero-order valence-corrected chi connectivity index (χ0v) is 13.3. The van der Waals surface area contributed by atoms with Gasteiger partial charge in [-0.2, -0.15) is 0 Å². The Hall–Kier alpha value is -1.43. The van der Waals surface area contributed by atoms with E-state index in [9.17, 15) is 8.42 Å². The molecule has 1 saturated heterocycles. The van der Waals surface area contributed by atoms with Crippen LogP contribution < -0.4 is 0 Å². The van der Waals surface area contributed by atoms with Gasteiger partial charge in [-0.05, 0) is 30.9 Å². The van der Waals surface area contributed by atoms with E-state index < -0.39 is 9.84 Å². The fourth-order valence-corrected chi connectivity index (χ4v) is 4.47. The van der Waals surface area contributed by atoms with E-state index in [1.807, 2.05) is 12.1 Å². The standard InChI is InChI=1S/C15H21N3O2S/c1-11(2)10-18-14(12-5-8-21(19,20)9-6-12)17-13-4-3-7-16-15(13)18/h3-4,7,11-12H,5-6,8-10H2,1-2H3. The van der Waals surface area contributed by atoms with Gasteiger partial charge in [0.25, 0.3) is 0 Å². The van der Waals surface area contributed by atoms with Crippen LogP contribution in [0.2, 0.25) is 0 Å². The van der Waals surface area contributed by atoms with Gasteiger partial charge in [0.05, 0.1) is 11.5 Å². The van der Waals surface area contributed by atoms with E-state index in [4.69, 9.17) is 4.98 Å². The van der Waals surface area contributed by atoms with Crippen molar-refractivity contribution in [2.45, 2.75) is 39.2 Å². The molecule has 0 N–H and O–H groups in total. The molecule has 21 heavy (non-hydrogen) atoms. The highest BCUT2D eigenvalue weighted by atomic mass is 32.2. The number of fused-ring (bicyclic) bond motifs is 1. The van der Waals surface area contributed by atoms with Crippen LogP contribution in [-0.4, -0.2) is 34.5 Å². The predicted octanol–water partition coefficient (Wildman–Crippen LogP) is 2.38. The number of nitrogens with zero attached hydrogens (tertiary/aromatic N) is 3. The molecule has 0 amide bonds. The minimum absolute atomic E-state index is 0.224. The minimum Gasteiger partial charge on any atom is -0.312 e. The summed E-state index contributed by atoms with van der Waals surface area (Å²) in [6.45, 7) is 5.21. The van der Waals surface area contributed by atoms with E-state index >= 15 is 0 Å². The smallest absolute Gasteiger partial charge is 0.159 e. The fourth-order valence-electron chi connectivity index (χ4n) is 2.98. The minimum atomic E-state index is -2.84. The lowest BCUT2D eigenvalue weighted by molar-refractivity contribution is 0.474. The van der Waals surface area contributed by atoms with Crippen molar-refractivity contribution in [2.24, 2.45) is 5.92 Å². The highest BCUT2D eigenvalue weighted by Gasteiger charge is 2.28. The molecule has 1 aliphatic rings. The van der Waals surface area contributed by atoms with Gasteiger partial charge in [0.15, 0.2) is 5.65 Å². The van der Waals surface area contributed by atoms with Crippen LogP contribution in [0.1, 0.15) is 38.4 Å². The topological polar surface area (TPSA) is 64.8 Å². The van der Waals surface area contributed by atoms with Crippen molar-refractivity contribution in [1.82, 2.24) is 14.5 Å². The Bertz CT molecular complexity index is 735. The zero-order chi connectivity index (χ0) is 15.0. The number of hydrogen-bond donors (Lipinski definition) is 0. The summed E-state index contributed by atoms with van der Waals surface area (Å²) in [6, 6.07) is 3.87. The van der Waals surface area contributed by atoms with Gasteiger partial charge in [-0.1, -0.05) is 13.8 Å². The Kier molecular flexibility index (Phi) is 3.73. The summed E-state index contributed by atoms with van der Waals surface area (Å²) < 4.78 is 25.4. The molecule has 0 saturated carbocycles. The third-order valence-electron chi connectivity index (χ3n) is 4.00. The second-order valence-corrected chi connectivity index (χ2v) is 8.55. The zero-order valence-electron chi connectivity index (χ0n) is 12.5. The lowest BCUT2D eigenvalue weighted by atomic mass is 10.0. The van der Waals surface area contributed by atoms with Crippen LogP contribution in [0.4, 0.5) is 0 Å². The number of aromatic nitrogens is 3. The summed E-state index contributed by atoms with van der Waals surface area (Å²) in [5.74, 6) is 2.27. The Morgan fingerprint density at radius 2 is 2.05 bits per heavy atom. The van der Waals surface area contributed by atoms with Crippen molar-refractivity contribution in [2.75, 3.05) is 11.5 Å². The van der Waals surface area contributed by atoms with Crippen molar-refractivity contribution in [3.05, 3.63) is 24.2 Å². The van der Waals surface area contributed by atoms with Crippen molar-refractivity contribution in [3.8, 4) is 0 Å². The largest absolute Gasteiger partial charge is 0.312 e. The molecule has 0 aliphatic carbocycles. The third kappa shape index (κ3) is 2.95. The van der Waals surface area contributed by atoms with Gasteiger partial charge in [0, 0.05) is 18.7 Å². The van der Waals surface area contributed by atoms with E-state index in [1.165, 1.54) is 0 Å². The summed E-state index contributed by atoms with van der Waals surface area (Å²) in [6.07, 6.45) is 3.13. The predicted molar refractivity (Wildman–Crippen MR) is 83.0 cm³/mol. The number of hydrogen-bond acceptors (Lipinski definition) is 4. The molecule has 3 rings (SSSR count). The molecule has 5 nitrogen and oxygen atoms in total. The van der Waals surface area contributed by atoms with Gasteiger partial charge in [0.2, 0.25) is 0 Å².